The Kier molecular flexibility index (Phi) is 6.08. The van der Waals surface area contributed by atoms with E-state index in [9.17, 15) is 13.9 Å². The van der Waals surface area contributed by atoms with Crippen molar-refractivity contribution >= 4 is 0 Å². The first-order chi connectivity index (χ1) is 16.3. The van der Waals surface area contributed by atoms with Crippen molar-refractivity contribution in [3.63, 3.8) is 0 Å². The smallest absolute Gasteiger partial charge is 0.144 e. The van der Waals surface area contributed by atoms with Gasteiger partial charge in [0, 0.05) is 23.7 Å². The van der Waals surface area contributed by atoms with Crippen LogP contribution in [0.3, 0.4) is 0 Å². The summed E-state index contributed by atoms with van der Waals surface area (Å²) in [5.74, 6) is 0.107. The van der Waals surface area contributed by atoms with Crippen molar-refractivity contribution in [1.29, 1.82) is 0 Å². The lowest BCUT2D eigenvalue weighted by Gasteiger charge is -2.27. The fourth-order valence-corrected chi connectivity index (χ4v) is 4.30. The van der Waals surface area contributed by atoms with Crippen LogP contribution in [0.4, 0.5) is 8.78 Å². The zero-order chi connectivity index (χ0) is 25.7. The molecule has 0 unspecified atom stereocenters. The van der Waals surface area contributed by atoms with E-state index in [1.807, 2.05) is 17.7 Å². The number of hydrogen-bond acceptors (Lipinski definition) is 2. The third kappa shape index (κ3) is 4.72. The Bertz CT molecular complexity index is 1370. The van der Waals surface area contributed by atoms with Crippen molar-refractivity contribution in [1.82, 2.24) is 9.55 Å². The predicted octanol–water partition coefficient (Wildman–Crippen LogP) is 8.00. The minimum absolute atomic E-state index is 0.146. The predicted molar refractivity (Wildman–Crippen MR) is 138 cm³/mol. The molecule has 0 aliphatic carbocycles. The van der Waals surface area contributed by atoms with Crippen molar-refractivity contribution in [3.8, 4) is 39.7 Å². The van der Waals surface area contributed by atoms with Crippen LogP contribution in [0.2, 0.25) is 0 Å². The molecule has 0 fully saturated rings. The molecule has 0 saturated heterocycles. The first kappa shape index (κ1) is 24.6. The van der Waals surface area contributed by atoms with E-state index in [4.69, 9.17) is 4.98 Å². The summed E-state index contributed by atoms with van der Waals surface area (Å²) < 4.78 is 29.3. The zero-order valence-corrected chi connectivity index (χ0v) is 21.4. The first-order valence-corrected chi connectivity index (χ1v) is 11.7. The highest BCUT2D eigenvalue weighted by Gasteiger charge is 2.28. The molecule has 0 amide bonds. The van der Waals surface area contributed by atoms with Crippen molar-refractivity contribution < 1.29 is 13.9 Å². The molecule has 182 valence electrons. The molecule has 0 saturated carbocycles. The van der Waals surface area contributed by atoms with Gasteiger partial charge in [0.1, 0.15) is 23.2 Å². The molecule has 0 spiro atoms. The first-order valence-electron chi connectivity index (χ1n) is 11.7. The summed E-state index contributed by atoms with van der Waals surface area (Å²) in [5, 5.41) is 11.5. The quantitative estimate of drug-likeness (QED) is 0.327. The van der Waals surface area contributed by atoms with E-state index in [0.717, 1.165) is 27.9 Å². The van der Waals surface area contributed by atoms with Crippen molar-refractivity contribution in [3.05, 3.63) is 83.4 Å². The average Bonchev–Trinajstić information content (AvgIpc) is 3.10. The van der Waals surface area contributed by atoms with Crippen LogP contribution in [0.15, 0.2) is 60.7 Å². The Morgan fingerprint density at radius 3 is 1.74 bits per heavy atom. The second-order valence-corrected chi connectivity index (χ2v) is 11.1. The number of aromatic nitrogens is 2. The Morgan fingerprint density at radius 1 is 0.743 bits per heavy atom. The van der Waals surface area contributed by atoms with Gasteiger partial charge in [0.25, 0.3) is 0 Å². The van der Waals surface area contributed by atoms with E-state index < -0.39 is 0 Å². The van der Waals surface area contributed by atoms with Gasteiger partial charge in [0.15, 0.2) is 0 Å². The minimum Gasteiger partial charge on any atom is -0.507 e. The van der Waals surface area contributed by atoms with Gasteiger partial charge in [-0.1, -0.05) is 47.6 Å². The molecule has 0 aliphatic heterocycles. The van der Waals surface area contributed by atoms with Gasteiger partial charge in [-0.05, 0) is 71.0 Å². The van der Waals surface area contributed by atoms with Crippen LogP contribution >= 0.6 is 0 Å². The number of phenolic OH excluding ortho intramolecular Hbond substituents is 1. The van der Waals surface area contributed by atoms with Crippen LogP contribution in [0, 0.1) is 11.6 Å². The number of nitrogens with zero attached hydrogens (tertiary/aromatic N) is 2. The molecule has 4 aromatic rings. The van der Waals surface area contributed by atoms with Gasteiger partial charge in [-0.15, -0.1) is 0 Å². The summed E-state index contributed by atoms with van der Waals surface area (Å²) in [5.41, 5.74) is 5.01. The summed E-state index contributed by atoms with van der Waals surface area (Å²) in [6, 6.07) is 16.4. The third-order valence-electron chi connectivity index (χ3n) is 6.36. The topological polar surface area (TPSA) is 38.0 Å². The standard InChI is InChI=1S/C30H32F2N2O/c1-29(2,3)20-16-23(27(35)24(17-20)30(4,5)6)28-33-25(18-8-12-21(31)13-9-18)26(34(28)7)19-10-14-22(32)15-11-19/h8-17,35H,1-7H3. The van der Waals surface area contributed by atoms with Crippen LogP contribution in [0.25, 0.3) is 33.9 Å². The van der Waals surface area contributed by atoms with Gasteiger partial charge in [-0.2, -0.15) is 0 Å². The molecular weight excluding hydrogens is 442 g/mol. The summed E-state index contributed by atoms with van der Waals surface area (Å²) in [4.78, 5) is 4.97. The maximum Gasteiger partial charge on any atom is 0.144 e. The molecule has 3 nitrogen and oxygen atoms in total. The summed E-state index contributed by atoms with van der Waals surface area (Å²) in [6.45, 7) is 12.6. The second kappa shape index (κ2) is 8.63. The van der Waals surface area contributed by atoms with Crippen LogP contribution in [-0.2, 0) is 17.9 Å². The molecule has 1 N–H and O–H groups in total. The monoisotopic (exact) mass is 474 g/mol. The molecule has 1 aromatic heterocycles. The third-order valence-corrected chi connectivity index (χ3v) is 6.36. The van der Waals surface area contributed by atoms with E-state index in [-0.39, 0.29) is 28.2 Å². The number of imidazole rings is 1. The fourth-order valence-electron chi connectivity index (χ4n) is 4.30. The fraction of sp³-hybridized carbons (Fsp3) is 0.300. The molecule has 0 bridgehead atoms. The van der Waals surface area contributed by atoms with E-state index in [1.165, 1.54) is 24.3 Å². The van der Waals surface area contributed by atoms with Crippen LogP contribution in [0.1, 0.15) is 52.7 Å². The molecule has 0 aliphatic rings. The lowest BCUT2D eigenvalue weighted by Crippen LogP contribution is -2.17. The van der Waals surface area contributed by atoms with Crippen molar-refractivity contribution in [2.75, 3.05) is 0 Å². The SMILES string of the molecule is Cn1c(-c2cc(C(C)(C)C)cc(C(C)(C)C)c2O)nc(-c2ccc(F)cc2)c1-c1ccc(F)cc1. The lowest BCUT2D eigenvalue weighted by molar-refractivity contribution is 0.446. The van der Waals surface area contributed by atoms with E-state index in [2.05, 4.69) is 47.6 Å². The number of phenols is 1. The highest BCUT2D eigenvalue weighted by molar-refractivity contribution is 5.83. The molecule has 1 heterocycles. The van der Waals surface area contributed by atoms with Gasteiger partial charge < -0.3 is 9.67 Å². The molecule has 5 heteroatoms. The van der Waals surface area contributed by atoms with Crippen LogP contribution < -0.4 is 0 Å². The van der Waals surface area contributed by atoms with Gasteiger partial charge in [0.2, 0.25) is 0 Å². The second-order valence-electron chi connectivity index (χ2n) is 11.1. The molecule has 0 atom stereocenters. The molecular formula is C30H32F2N2O. The molecule has 4 rings (SSSR count). The maximum absolute atomic E-state index is 13.7. The molecule has 3 aromatic carbocycles. The molecule has 0 radical (unpaired) electrons. The van der Waals surface area contributed by atoms with E-state index in [1.54, 1.807) is 24.3 Å². The van der Waals surface area contributed by atoms with Crippen LogP contribution in [0.5, 0.6) is 5.75 Å². The number of aromatic hydroxyl groups is 1. The normalized spacial score (nSPS) is 12.3. The average molecular weight is 475 g/mol. The van der Waals surface area contributed by atoms with Gasteiger partial charge in [-0.3, -0.25) is 0 Å². The lowest BCUT2D eigenvalue weighted by atomic mass is 9.79. The van der Waals surface area contributed by atoms with E-state index in [0.29, 0.717) is 17.1 Å². The van der Waals surface area contributed by atoms with E-state index >= 15 is 0 Å². The number of halogens is 2. The highest BCUT2D eigenvalue weighted by atomic mass is 19.1. The summed E-state index contributed by atoms with van der Waals surface area (Å²) in [6.07, 6.45) is 0. The Morgan fingerprint density at radius 2 is 1.26 bits per heavy atom. The van der Waals surface area contributed by atoms with Crippen molar-refractivity contribution in [2.24, 2.45) is 7.05 Å². The number of hydrogen-bond donors (Lipinski definition) is 1. The van der Waals surface area contributed by atoms with Gasteiger partial charge in [0.05, 0.1) is 17.0 Å². The largest absolute Gasteiger partial charge is 0.507 e. The Balaban J connectivity index is 2.06. The molecule has 35 heavy (non-hydrogen) atoms. The summed E-state index contributed by atoms with van der Waals surface area (Å²) >= 11 is 0. The number of benzene rings is 3. The van der Waals surface area contributed by atoms with Crippen molar-refractivity contribution in [2.45, 2.75) is 52.4 Å². The van der Waals surface area contributed by atoms with Gasteiger partial charge >= 0.3 is 0 Å². The number of rotatable bonds is 3. The summed E-state index contributed by atoms with van der Waals surface area (Å²) in [7, 11) is 1.88. The van der Waals surface area contributed by atoms with Crippen LogP contribution in [-0.4, -0.2) is 14.7 Å². The van der Waals surface area contributed by atoms with Gasteiger partial charge in [-0.25, -0.2) is 13.8 Å². The maximum atomic E-state index is 13.7. The Labute approximate surface area is 206 Å². The minimum atomic E-state index is -0.335. The Hall–Kier alpha value is -3.47. The zero-order valence-electron chi connectivity index (χ0n) is 21.4. The highest BCUT2D eigenvalue weighted by Crippen LogP contribution is 2.44.